The quantitative estimate of drug-likeness (QED) is 0.807. The highest BCUT2D eigenvalue weighted by atomic mass is 32.1. The average molecular weight is 198 g/mol. The maximum Gasteiger partial charge on any atom is 0.0943 e. The van der Waals surface area contributed by atoms with Crippen molar-refractivity contribution in [1.82, 2.24) is 4.98 Å². The van der Waals surface area contributed by atoms with E-state index in [1.165, 1.54) is 9.88 Å². The zero-order chi connectivity index (χ0) is 9.84. The summed E-state index contributed by atoms with van der Waals surface area (Å²) in [5.41, 5.74) is 5.86. The van der Waals surface area contributed by atoms with E-state index in [1.54, 1.807) is 11.3 Å². The molecular weight excluding hydrogens is 180 g/mol. The highest BCUT2D eigenvalue weighted by molar-refractivity contribution is 7.11. The molecule has 0 fully saturated rings. The fourth-order valence-electron chi connectivity index (χ4n) is 1.05. The molecule has 1 heterocycles. The van der Waals surface area contributed by atoms with Crippen molar-refractivity contribution >= 4 is 11.3 Å². The molecule has 3 heteroatoms. The van der Waals surface area contributed by atoms with Gasteiger partial charge in [0.15, 0.2) is 0 Å². The van der Waals surface area contributed by atoms with E-state index in [0.29, 0.717) is 5.92 Å². The number of hydrogen-bond donors (Lipinski definition) is 1. The summed E-state index contributed by atoms with van der Waals surface area (Å²) in [6.45, 7) is 6.50. The van der Waals surface area contributed by atoms with Crippen molar-refractivity contribution in [3.05, 3.63) is 16.1 Å². The molecule has 0 aliphatic carbocycles. The van der Waals surface area contributed by atoms with E-state index in [0.717, 1.165) is 12.8 Å². The number of aromatic nitrogens is 1. The van der Waals surface area contributed by atoms with Crippen LogP contribution in [0.1, 0.15) is 43.0 Å². The van der Waals surface area contributed by atoms with Gasteiger partial charge in [0.05, 0.1) is 5.01 Å². The molecular formula is C10H18N2S. The molecule has 0 spiro atoms. The normalized spacial score (nSPS) is 13.6. The molecule has 0 bridgehead atoms. The molecule has 74 valence electrons. The fourth-order valence-corrected chi connectivity index (χ4v) is 2.07. The van der Waals surface area contributed by atoms with Gasteiger partial charge in [-0.2, -0.15) is 0 Å². The van der Waals surface area contributed by atoms with Gasteiger partial charge in [-0.1, -0.05) is 20.8 Å². The van der Waals surface area contributed by atoms with Crippen LogP contribution in [-0.4, -0.2) is 11.0 Å². The summed E-state index contributed by atoms with van der Waals surface area (Å²) >= 11 is 1.79. The molecule has 1 rings (SSSR count). The van der Waals surface area contributed by atoms with Gasteiger partial charge in [0, 0.05) is 23.5 Å². The Balaban J connectivity index is 2.58. The fraction of sp³-hybridized carbons (Fsp3) is 0.700. The molecule has 1 atom stereocenters. The van der Waals surface area contributed by atoms with Crippen LogP contribution in [0, 0.1) is 0 Å². The first kappa shape index (κ1) is 10.7. The lowest BCUT2D eigenvalue weighted by Crippen LogP contribution is -2.21. The minimum absolute atomic E-state index is 0.270. The smallest absolute Gasteiger partial charge is 0.0943 e. The van der Waals surface area contributed by atoms with Gasteiger partial charge in [0.1, 0.15) is 0 Å². The summed E-state index contributed by atoms with van der Waals surface area (Å²) in [6, 6.07) is 0.270. The highest BCUT2D eigenvalue weighted by Gasteiger charge is 2.08. The van der Waals surface area contributed by atoms with Crippen LogP contribution in [0.25, 0.3) is 0 Å². The lowest BCUT2D eigenvalue weighted by molar-refractivity contribution is 0.644. The Labute approximate surface area is 84.2 Å². The van der Waals surface area contributed by atoms with E-state index in [2.05, 4.69) is 25.8 Å². The molecule has 0 saturated heterocycles. The van der Waals surface area contributed by atoms with E-state index in [4.69, 9.17) is 5.73 Å². The van der Waals surface area contributed by atoms with Crippen molar-refractivity contribution in [2.24, 2.45) is 5.73 Å². The van der Waals surface area contributed by atoms with Crippen LogP contribution in [0.4, 0.5) is 0 Å². The van der Waals surface area contributed by atoms with Crippen molar-refractivity contribution in [2.75, 3.05) is 0 Å². The number of nitrogens with two attached hydrogens (primary N) is 1. The highest BCUT2D eigenvalue weighted by Crippen LogP contribution is 2.22. The Morgan fingerprint density at radius 1 is 1.54 bits per heavy atom. The largest absolute Gasteiger partial charge is 0.327 e. The third-order valence-corrected chi connectivity index (χ3v) is 3.42. The van der Waals surface area contributed by atoms with E-state index in [9.17, 15) is 0 Å². The second-order valence-corrected chi connectivity index (χ2v) is 4.83. The van der Waals surface area contributed by atoms with Crippen LogP contribution < -0.4 is 5.73 Å². The molecule has 1 unspecified atom stereocenters. The van der Waals surface area contributed by atoms with Gasteiger partial charge in [-0.15, -0.1) is 11.3 Å². The summed E-state index contributed by atoms with van der Waals surface area (Å²) < 4.78 is 0. The molecule has 0 aliphatic rings. The molecule has 0 saturated carbocycles. The topological polar surface area (TPSA) is 38.9 Å². The zero-order valence-electron chi connectivity index (χ0n) is 8.58. The van der Waals surface area contributed by atoms with Crippen molar-refractivity contribution in [3.63, 3.8) is 0 Å². The van der Waals surface area contributed by atoms with E-state index < -0.39 is 0 Å². The number of thiazole rings is 1. The molecule has 1 aromatic rings. The molecule has 2 nitrogen and oxygen atoms in total. The van der Waals surface area contributed by atoms with Crippen LogP contribution in [0.15, 0.2) is 6.20 Å². The third kappa shape index (κ3) is 3.08. The van der Waals surface area contributed by atoms with Gasteiger partial charge in [0.25, 0.3) is 0 Å². The third-order valence-electron chi connectivity index (χ3n) is 2.10. The Morgan fingerprint density at radius 2 is 2.23 bits per heavy atom. The maximum atomic E-state index is 5.86. The molecule has 0 amide bonds. The van der Waals surface area contributed by atoms with Gasteiger partial charge >= 0.3 is 0 Å². The average Bonchev–Trinajstić information content (AvgIpc) is 2.52. The van der Waals surface area contributed by atoms with Crippen LogP contribution in [0.5, 0.6) is 0 Å². The van der Waals surface area contributed by atoms with E-state index in [-0.39, 0.29) is 6.04 Å². The number of nitrogens with zero attached hydrogens (tertiary/aromatic N) is 1. The van der Waals surface area contributed by atoms with Gasteiger partial charge < -0.3 is 5.73 Å². The Hall–Kier alpha value is -0.410. The second kappa shape index (κ2) is 4.72. The van der Waals surface area contributed by atoms with Crippen molar-refractivity contribution in [3.8, 4) is 0 Å². The molecule has 2 N–H and O–H groups in total. The monoisotopic (exact) mass is 198 g/mol. The van der Waals surface area contributed by atoms with E-state index >= 15 is 0 Å². The molecule has 0 aliphatic heterocycles. The summed E-state index contributed by atoms with van der Waals surface area (Å²) in [7, 11) is 0. The lowest BCUT2D eigenvalue weighted by atomic mass is 10.2. The van der Waals surface area contributed by atoms with E-state index in [1.807, 2.05) is 6.20 Å². The summed E-state index contributed by atoms with van der Waals surface area (Å²) in [4.78, 5) is 5.72. The first-order chi connectivity index (χ1) is 6.13. The minimum atomic E-state index is 0.270. The lowest BCUT2D eigenvalue weighted by Gasteiger charge is -2.04. The molecule has 0 radical (unpaired) electrons. The predicted octanol–water partition coefficient (Wildman–Crippen LogP) is 2.55. The van der Waals surface area contributed by atoms with Gasteiger partial charge in [0.2, 0.25) is 0 Å². The van der Waals surface area contributed by atoms with Crippen molar-refractivity contribution < 1.29 is 0 Å². The van der Waals surface area contributed by atoms with Gasteiger partial charge in [-0.25, -0.2) is 4.98 Å². The van der Waals surface area contributed by atoms with Crippen LogP contribution in [0.2, 0.25) is 0 Å². The number of rotatable bonds is 4. The molecule has 1 aromatic heterocycles. The standard InChI is InChI=1S/C10H18N2S/c1-4-8(11)5-10-12-6-9(13-10)7(2)3/h6-8H,4-5,11H2,1-3H3. The maximum absolute atomic E-state index is 5.86. The minimum Gasteiger partial charge on any atom is -0.327 e. The SMILES string of the molecule is CCC(N)Cc1ncc(C(C)C)s1. The van der Waals surface area contributed by atoms with Crippen LogP contribution in [0.3, 0.4) is 0 Å². The molecule has 13 heavy (non-hydrogen) atoms. The van der Waals surface area contributed by atoms with Crippen LogP contribution >= 0.6 is 11.3 Å². The summed E-state index contributed by atoms with van der Waals surface area (Å²) in [5, 5.41) is 1.18. The number of hydrogen-bond acceptors (Lipinski definition) is 3. The van der Waals surface area contributed by atoms with Crippen molar-refractivity contribution in [2.45, 2.75) is 45.6 Å². The van der Waals surface area contributed by atoms with Gasteiger partial charge in [-0.3, -0.25) is 0 Å². The molecule has 0 aromatic carbocycles. The predicted molar refractivity (Wildman–Crippen MR) is 58.2 cm³/mol. The Kier molecular flexibility index (Phi) is 3.88. The Bertz CT molecular complexity index is 255. The summed E-state index contributed by atoms with van der Waals surface area (Å²) in [5.74, 6) is 0.587. The van der Waals surface area contributed by atoms with Gasteiger partial charge in [-0.05, 0) is 12.3 Å². The second-order valence-electron chi connectivity index (χ2n) is 3.68. The summed E-state index contributed by atoms with van der Waals surface area (Å²) in [6.07, 6.45) is 3.93. The zero-order valence-corrected chi connectivity index (χ0v) is 9.40. The Morgan fingerprint density at radius 3 is 2.69 bits per heavy atom. The first-order valence-electron chi connectivity index (χ1n) is 4.83. The first-order valence-corrected chi connectivity index (χ1v) is 5.65. The van der Waals surface area contributed by atoms with Crippen LogP contribution in [-0.2, 0) is 6.42 Å². The van der Waals surface area contributed by atoms with Crippen molar-refractivity contribution in [1.29, 1.82) is 0 Å².